The Bertz CT molecular complexity index is 168. The predicted molar refractivity (Wildman–Crippen MR) is 49.3 cm³/mol. The van der Waals surface area contributed by atoms with Crippen LogP contribution in [0.25, 0.3) is 0 Å². The summed E-state index contributed by atoms with van der Waals surface area (Å²) in [6, 6.07) is 0.649. The summed E-state index contributed by atoms with van der Waals surface area (Å²) < 4.78 is 13.1. The van der Waals surface area contributed by atoms with Crippen molar-refractivity contribution in [3.8, 4) is 0 Å². The van der Waals surface area contributed by atoms with Crippen LogP contribution in [-0.2, 0) is 0 Å². The highest BCUT2D eigenvalue weighted by atomic mass is 19.1. The van der Waals surface area contributed by atoms with Crippen molar-refractivity contribution in [1.82, 2.24) is 4.90 Å². The number of likely N-dealkylation sites (tertiary alicyclic amines) is 1. The minimum absolute atomic E-state index is 0.0955. The van der Waals surface area contributed by atoms with Crippen LogP contribution in [0.1, 0.15) is 32.1 Å². The standard InChI is InChI=1S/C10H18FNO/c11-8-5-10(7-13)12(6-8)9-3-1-2-4-9/h8-10,13H,1-7H2/t8-,10-/m0/s1. The van der Waals surface area contributed by atoms with Gasteiger partial charge in [-0.15, -0.1) is 0 Å². The van der Waals surface area contributed by atoms with E-state index in [1.165, 1.54) is 25.7 Å². The molecule has 2 nitrogen and oxygen atoms in total. The van der Waals surface area contributed by atoms with Crippen LogP contribution in [0.2, 0.25) is 0 Å². The number of aliphatic hydroxyl groups is 1. The first kappa shape index (κ1) is 9.41. The lowest BCUT2D eigenvalue weighted by molar-refractivity contribution is 0.119. The van der Waals surface area contributed by atoms with E-state index in [-0.39, 0.29) is 12.6 Å². The van der Waals surface area contributed by atoms with Crippen molar-refractivity contribution >= 4 is 0 Å². The number of nitrogens with zero attached hydrogens (tertiary/aromatic N) is 1. The fourth-order valence-corrected chi connectivity index (χ4v) is 2.75. The lowest BCUT2D eigenvalue weighted by atomic mass is 10.1. The quantitative estimate of drug-likeness (QED) is 0.705. The molecule has 0 aromatic carbocycles. The van der Waals surface area contributed by atoms with Gasteiger partial charge in [0.15, 0.2) is 0 Å². The normalized spacial score (nSPS) is 37.4. The second-order valence-corrected chi connectivity index (χ2v) is 4.30. The van der Waals surface area contributed by atoms with Crippen molar-refractivity contribution in [3.05, 3.63) is 0 Å². The van der Waals surface area contributed by atoms with Gasteiger partial charge in [-0.05, 0) is 19.3 Å². The monoisotopic (exact) mass is 187 g/mol. The molecule has 2 fully saturated rings. The van der Waals surface area contributed by atoms with Gasteiger partial charge in [0.25, 0.3) is 0 Å². The SMILES string of the molecule is OC[C@@H]1C[C@H](F)CN1C1CCCC1. The van der Waals surface area contributed by atoms with Gasteiger partial charge < -0.3 is 5.11 Å². The van der Waals surface area contributed by atoms with Crippen LogP contribution in [0.15, 0.2) is 0 Å². The van der Waals surface area contributed by atoms with Crippen molar-refractivity contribution in [2.24, 2.45) is 0 Å². The van der Waals surface area contributed by atoms with Gasteiger partial charge in [0.2, 0.25) is 0 Å². The summed E-state index contributed by atoms with van der Waals surface area (Å²) in [5.41, 5.74) is 0. The molecule has 1 aliphatic carbocycles. The van der Waals surface area contributed by atoms with Crippen LogP contribution in [0.4, 0.5) is 4.39 Å². The first-order valence-electron chi connectivity index (χ1n) is 5.32. The Kier molecular flexibility index (Phi) is 2.84. The summed E-state index contributed by atoms with van der Waals surface area (Å²) in [4.78, 5) is 2.19. The lowest BCUT2D eigenvalue weighted by Gasteiger charge is -2.28. The highest BCUT2D eigenvalue weighted by molar-refractivity contribution is 4.90. The number of aliphatic hydroxyl groups excluding tert-OH is 1. The van der Waals surface area contributed by atoms with Crippen molar-refractivity contribution in [2.75, 3.05) is 13.2 Å². The molecule has 2 aliphatic rings. The van der Waals surface area contributed by atoms with Crippen molar-refractivity contribution in [2.45, 2.75) is 50.4 Å². The summed E-state index contributed by atoms with van der Waals surface area (Å²) in [5.74, 6) is 0. The molecule has 2 atom stereocenters. The predicted octanol–water partition coefficient (Wildman–Crippen LogP) is 1.33. The lowest BCUT2D eigenvalue weighted by Crippen LogP contribution is -2.39. The summed E-state index contributed by atoms with van der Waals surface area (Å²) in [7, 11) is 0. The summed E-state index contributed by atoms with van der Waals surface area (Å²) in [5, 5.41) is 9.11. The molecule has 1 heterocycles. The van der Waals surface area contributed by atoms with E-state index in [0.717, 1.165) is 0 Å². The number of halogens is 1. The van der Waals surface area contributed by atoms with E-state index < -0.39 is 6.17 Å². The highest BCUT2D eigenvalue weighted by Crippen LogP contribution is 2.30. The van der Waals surface area contributed by atoms with E-state index in [1.807, 2.05) is 0 Å². The van der Waals surface area contributed by atoms with E-state index in [4.69, 9.17) is 5.11 Å². The van der Waals surface area contributed by atoms with Crippen LogP contribution >= 0.6 is 0 Å². The summed E-state index contributed by atoms with van der Waals surface area (Å²) >= 11 is 0. The molecule has 3 heteroatoms. The Morgan fingerprint density at radius 3 is 2.62 bits per heavy atom. The van der Waals surface area contributed by atoms with E-state index in [2.05, 4.69) is 4.90 Å². The second kappa shape index (κ2) is 3.93. The zero-order valence-electron chi connectivity index (χ0n) is 7.95. The fourth-order valence-electron chi connectivity index (χ4n) is 2.75. The Morgan fingerprint density at radius 2 is 2.00 bits per heavy atom. The van der Waals surface area contributed by atoms with E-state index in [9.17, 15) is 4.39 Å². The fraction of sp³-hybridized carbons (Fsp3) is 1.00. The molecule has 1 N–H and O–H groups in total. The Morgan fingerprint density at radius 1 is 1.31 bits per heavy atom. The number of hydrogen-bond donors (Lipinski definition) is 1. The third-order valence-corrected chi connectivity index (χ3v) is 3.41. The average Bonchev–Trinajstić information content (AvgIpc) is 2.71. The molecule has 0 spiro atoms. The number of alkyl halides is 1. The molecule has 0 aromatic rings. The third-order valence-electron chi connectivity index (χ3n) is 3.41. The zero-order chi connectivity index (χ0) is 9.26. The molecule has 2 rings (SSSR count). The average molecular weight is 187 g/mol. The van der Waals surface area contributed by atoms with Gasteiger partial charge in [-0.25, -0.2) is 4.39 Å². The van der Waals surface area contributed by atoms with Gasteiger partial charge >= 0.3 is 0 Å². The molecule has 1 saturated carbocycles. The number of rotatable bonds is 2. The van der Waals surface area contributed by atoms with Crippen molar-refractivity contribution in [1.29, 1.82) is 0 Å². The van der Waals surface area contributed by atoms with Gasteiger partial charge in [-0.1, -0.05) is 12.8 Å². The zero-order valence-corrected chi connectivity index (χ0v) is 7.95. The molecular formula is C10H18FNO. The van der Waals surface area contributed by atoms with E-state index in [1.54, 1.807) is 0 Å². The molecule has 0 radical (unpaired) electrons. The topological polar surface area (TPSA) is 23.5 Å². The van der Waals surface area contributed by atoms with Gasteiger partial charge in [0.1, 0.15) is 6.17 Å². The van der Waals surface area contributed by atoms with E-state index >= 15 is 0 Å². The van der Waals surface area contributed by atoms with Crippen molar-refractivity contribution in [3.63, 3.8) is 0 Å². The Balaban J connectivity index is 1.96. The van der Waals surface area contributed by atoms with Gasteiger partial charge in [-0.3, -0.25) is 4.90 Å². The molecule has 0 amide bonds. The van der Waals surface area contributed by atoms with Gasteiger partial charge in [0.05, 0.1) is 6.61 Å². The maximum Gasteiger partial charge on any atom is 0.114 e. The summed E-state index contributed by atoms with van der Waals surface area (Å²) in [6.07, 6.45) is 4.77. The minimum atomic E-state index is -0.710. The third kappa shape index (κ3) is 1.86. The molecule has 1 saturated heterocycles. The molecule has 76 valence electrons. The van der Waals surface area contributed by atoms with Crippen LogP contribution in [0.5, 0.6) is 0 Å². The molecular weight excluding hydrogens is 169 g/mol. The van der Waals surface area contributed by atoms with Crippen molar-refractivity contribution < 1.29 is 9.50 Å². The molecule has 13 heavy (non-hydrogen) atoms. The van der Waals surface area contributed by atoms with Crippen LogP contribution in [-0.4, -0.2) is 41.4 Å². The maximum atomic E-state index is 13.1. The second-order valence-electron chi connectivity index (χ2n) is 4.30. The maximum absolute atomic E-state index is 13.1. The van der Waals surface area contributed by atoms with Gasteiger partial charge in [-0.2, -0.15) is 0 Å². The highest BCUT2D eigenvalue weighted by Gasteiger charge is 2.36. The molecule has 0 bridgehead atoms. The molecule has 0 aromatic heterocycles. The van der Waals surface area contributed by atoms with Crippen LogP contribution < -0.4 is 0 Å². The largest absolute Gasteiger partial charge is 0.395 e. The van der Waals surface area contributed by atoms with Crippen LogP contribution in [0, 0.1) is 0 Å². The Labute approximate surface area is 78.7 Å². The molecule has 1 aliphatic heterocycles. The number of hydrogen-bond acceptors (Lipinski definition) is 2. The minimum Gasteiger partial charge on any atom is -0.395 e. The van der Waals surface area contributed by atoms with E-state index in [0.29, 0.717) is 19.0 Å². The smallest absolute Gasteiger partial charge is 0.114 e. The first-order chi connectivity index (χ1) is 6.31. The molecule has 0 unspecified atom stereocenters. The van der Waals surface area contributed by atoms with Gasteiger partial charge in [0, 0.05) is 18.6 Å². The van der Waals surface area contributed by atoms with Crippen LogP contribution in [0.3, 0.4) is 0 Å². The first-order valence-corrected chi connectivity index (χ1v) is 5.32. The summed E-state index contributed by atoms with van der Waals surface area (Å²) in [6.45, 7) is 0.673. The Hall–Kier alpha value is -0.150.